The van der Waals surface area contributed by atoms with Crippen molar-refractivity contribution >= 4 is 14.4 Å². The predicted molar refractivity (Wildman–Crippen MR) is 129 cm³/mol. The van der Waals surface area contributed by atoms with Crippen LogP contribution < -0.4 is 5.32 Å². The molecule has 0 heterocycles. The minimum atomic E-state index is -1.46. The summed E-state index contributed by atoms with van der Waals surface area (Å²) in [5.74, 6) is 0.0765. The summed E-state index contributed by atoms with van der Waals surface area (Å²) in [5.41, 5.74) is 4.87. The zero-order chi connectivity index (χ0) is 22.8. The summed E-state index contributed by atoms with van der Waals surface area (Å²) in [4.78, 5) is 12.1. The van der Waals surface area contributed by atoms with Crippen LogP contribution in [0.25, 0.3) is 11.1 Å². The van der Waals surface area contributed by atoms with Gasteiger partial charge in [-0.15, -0.1) is 0 Å². The molecule has 1 aliphatic rings. The van der Waals surface area contributed by atoms with Gasteiger partial charge in [-0.3, -0.25) is 0 Å². The van der Waals surface area contributed by atoms with E-state index in [1.807, 2.05) is 24.3 Å². The third-order valence-corrected chi connectivity index (χ3v) is 6.28. The second-order valence-corrected chi connectivity index (χ2v) is 13.3. The smallest absolute Gasteiger partial charge is 0.407 e. The minimum absolute atomic E-state index is 0.0765. The van der Waals surface area contributed by atoms with E-state index in [4.69, 9.17) is 18.6 Å². The van der Waals surface area contributed by atoms with Crippen LogP contribution in [0.1, 0.15) is 23.5 Å². The number of benzene rings is 2. The number of hydrogen-bond acceptors (Lipinski definition) is 5. The summed E-state index contributed by atoms with van der Waals surface area (Å²) in [5, 5.41) is 2.80. The molecule has 32 heavy (non-hydrogen) atoms. The van der Waals surface area contributed by atoms with Crippen molar-refractivity contribution < 1.29 is 23.4 Å². The van der Waals surface area contributed by atoms with Crippen molar-refractivity contribution in [2.24, 2.45) is 0 Å². The molecular weight excluding hydrogens is 422 g/mol. The summed E-state index contributed by atoms with van der Waals surface area (Å²) in [6, 6.07) is 16.6. The molecule has 0 unspecified atom stereocenters. The fraction of sp³-hybridized carbons (Fsp3) is 0.480. The molecule has 7 heteroatoms. The Balaban J connectivity index is 1.25. The largest absolute Gasteiger partial charge is 0.449 e. The molecule has 0 fully saturated rings. The number of fused-ring (bicyclic) bond motifs is 3. The van der Waals surface area contributed by atoms with E-state index in [-0.39, 0.29) is 5.92 Å². The standard InChI is InChI=1S/C25H35NO5Si/c1-32(2,3)31-18-17-29-16-15-28-14-8-13-26-25(27)30-19-24-22-11-6-4-9-20(22)21-10-5-7-12-23(21)24/h4-7,9-12,24H,8,13-19H2,1-3H3,(H,26,27). The molecule has 0 atom stereocenters. The third kappa shape index (κ3) is 7.45. The molecular formula is C25H35NO5Si. The number of carbonyl (C=O) groups excluding carboxylic acids is 1. The predicted octanol–water partition coefficient (Wildman–Crippen LogP) is 4.80. The molecule has 0 bridgehead atoms. The number of nitrogens with one attached hydrogen (secondary N) is 1. The van der Waals surface area contributed by atoms with Gasteiger partial charge in [0.05, 0.1) is 26.4 Å². The first kappa shape index (κ1) is 24.4. The van der Waals surface area contributed by atoms with Crippen LogP contribution in [0.15, 0.2) is 48.5 Å². The van der Waals surface area contributed by atoms with E-state index in [0.29, 0.717) is 46.2 Å². The molecule has 0 spiro atoms. The molecule has 0 saturated carbocycles. The van der Waals surface area contributed by atoms with Gasteiger partial charge in [-0.05, 0) is 48.3 Å². The third-order valence-electron chi connectivity index (χ3n) is 5.21. The number of ether oxygens (including phenoxy) is 3. The van der Waals surface area contributed by atoms with Crippen molar-refractivity contribution in [2.75, 3.05) is 46.2 Å². The summed E-state index contributed by atoms with van der Waals surface area (Å²) in [6.45, 7) is 10.2. The lowest BCUT2D eigenvalue weighted by atomic mass is 9.98. The van der Waals surface area contributed by atoms with Crippen molar-refractivity contribution in [1.82, 2.24) is 5.32 Å². The van der Waals surface area contributed by atoms with Gasteiger partial charge in [-0.2, -0.15) is 0 Å². The van der Waals surface area contributed by atoms with Crippen molar-refractivity contribution in [3.63, 3.8) is 0 Å². The van der Waals surface area contributed by atoms with E-state index in [9.17, 15) is 4.79 Å². The zero-order valence-electron chi connectivity index (χ0n) is 19.4. The monoisotopic (exact) mass is 457 g/mol. The molecule has 0 aromatic heterocycles. The van der Waals surface area contributed by atoms with Gasteiger partial charge in [-0.1, -0.05) is 48.5 Å². The Bertz CT molecular complexity index is 822. The molecule has 1 amide bonds. The first-order valence-corrected chi connectivity index (χ1v) is 14.7. The molecule has 2 aromatic carbocycles. The molecule has 0 saturated heterocycles. The van der Waals surface area contributed by atoms with E-state index in [1.54, 1.807) is 0 Å². The van der Waals surface area contributed by atoms with E-state index >= 15 is 0 Å². The molecule has 174 valence electrons. The lowest BCUT2D eigenvalue weighted by molar-refractivity contribution is 0.0348. The van der Waals surface area contributed by atoms with Crippen molar-refractivity contribution in [2.45, 2.75) is 32.0 Å². The van der Waals surface area contributed by atoms with E-state index in [1.165, 1.54) is 22.3 Å². The Morgan fingerprint density at radius 3 is 2.03 bits per heavy atom. The van der Waals surface area contributed by atoms with Crippen molar-refractivity contribution in [1.29, 1.82) is 0 Å². The van der Waals surface area contributed by atoms with E-state index in [2.05, 4.69) is 49.2 Å². The van der Waals surface area contributed by atoms with Crippen molar-refractivity contribution in [3.8, 4) is 11.1 Å². The number of rotatable bonds is 13. The van der Waals surface area contributed by atoms with Crippen LogP contribution in [-0.2, 0) is 18.6 Å². The fourth-order valence-electron chi connectivity index (χ4n) is 3.74. The lowest BCUT2D eigenvalue weighted by Gasteiger charge is -2.16. The molecule has 0 radical (unpaired) electrons. The Kier molecular flexibility index (Phi) is 9.29. The van der Waals surface area contributed by atoms with Gasteiger partial charge < -0.3 is 24.0 Å². The van der Waals surface area contributed by atoms with Gasteiger partial charge in [0.1, 0.15) is 6.61 Å². The lowest BCUT2D eigenvalue weighted by Crippen LogP contribution is -2.28. The first-order chi connectivity index (χ1) is 15.5. The highest BCUT2D eigenvalue weighted by Gasteiger charge is 2.28. The SMILES string of the molecule is C[Si](C)(C)OCCOCCOCCCNC(=O)OCC1c2ccccc2-c2ccccc21. The maximum absolute atomic E-state index is 12.1. The summed E-state index contributed by atoms with van der Waals surface area (Å²) in [7, 11) is -1.46. The average Bonchev–Trinajstić information content (AvgIpc) is 3.09. The molecule has 2 aromatic rings. The molecule has 1 aliphatic carbocycles. The summed E-state index contributed by atoms with van der Waals surface area (Å²) >= 11 is 0. The minimum Gasteiger partial charge on any atom is -0.449 e. The highest BCUT2D eigenvalue weighted by molar-refractivity contribution is 6.69. The van der Waals surface area contributed by atoms with Crippen LogP contribution in [0.3, 0.4) is 0 Å². The van der Waals surface area contributed by atoms with Crippen LogP contribution in [0.5, 0.6) is 0 Å². The van der Waals surface area contributed by atoms with Gasteiger partial charge in [0.25, 0.3) is 0 Å². The molecule has 3 rings (SSSR count). The van der Waals surface area contributed by atoms with Gasteiger partial charge in [0.2, 0.25) is 0 Å². The van der Waals surface area contributed by atoms with Gasteiger partial charge in [0, 0.05) is 19.1 Å². The zero-order valence-corrected chi connectivity index (χ0v) is 20.4. The van der Waals surface area contributed by atoms with Crippen LogP contribution in [0, 0.1) is 0 Å². The number of hydrogen-bond donors (Lipinski definition) is 1. The highest BCUT2D eigenvalue weighted by Crippen LogP contribution is 2.44. The van der Waals surface area contributed by atoms with E-state index in [0.717, 1.165) is 6.42 Å². The normalized spacial score (nSPS) is 13.0. The Hall–Kier alpha value is -2.19. The summed E-state index contributed by atoms with van der Waals surface area (Å²) < 4.78 is 22.3. The van der Waals surface area contributed by atoms with E-state index < -0.39 is 14.4 Å². The molecule has 6 nitrogen and oxygen atoms in total. The van der Waals surface area contributed by atoms with Crippen LogP contribution in [-0.4, -0.2) is 60.6 Å². The van der Waals surface area contributed by atoms with Gasteiger partial charge in [0.15, 0.2) is 8.32 Å². The first-order valence-electron chi connectivity index (χ1n) is 11.3. The number of alkyl carbamates (subject to hydrolysis) is 1. The quantitative estimate of drug-likeness (QED) is 0.346. The Labute approximate surface area is 192 Å². The molecule has 1 N–H and O–H groups in total. The maximum Gasteiger partial charge on any atom is 0.407 e. The summed E-state index contributed by atoms with van der Waals surface area (Å²) in [6.07, 6.45) is 0.334. The highest BCUT2D eigenvalue weighted by atomic mass is 28.4. The average molecular weight is 458 g/mol. The molecule has 0 aliphatic heterocycles. The Morgan fingerprint density at radius 1 is 0.844 bits per heavy atom. The Morgan fingerprint density at radius 2 is 1.41 bits per heavy atom. The van der Waals surface area contributed by atoms with Gasteiger partial charge >= 0.3 is 6.09 Å². The van der Waals surface area contributed by atoms with Crippen molar-refractivity contribution in [3.05, 3.63) is 59.7 Å². The fourth-order valence-corrected chi connectivity index (χ4v) is 4.44. The van der Waals surface area contributed by atoms with Crippen LogP contribution in [0.2, 0.25) is 19.6 Å². The maximum atomic E-state index is 12.1. The number of carbonyl (C=O) groups is 1. The number of amides is 1. The second kappa shape index (κ2) is 12.2. The van der Waals surface area contributed by atoms with Crippen LogP contribution >= 0.6 is 0 Å². The van der Waals surface area contributed by atoms with Gasteiger partial charge in [-0.25, -0.2) is 4.79 Å². The second-order valence-electron chi connectivity index (χ2n) is 8.79. The topological polar surface area (TPSA) is 66.0 Å². The van der Waals surface area contributed by atoms with Crippen LogP contribution in [0.4, 0.5) is 4.79 Å².